The monoisotopic (exact) mass is 1990 g/mol. The summed E-state index contributed by atoms with van der Waals surface area (Å²) in [7, 11) is -8.34. The number of aliphatic hydroxyl groups is 2. The van der Waals surface area contributed by atoms with Crippen molar-refractivity contribution in [3.05, 3.63) is 173 Å². The fourth-order valence-electron chi connectivity index (χ4n) is 20.3. The van der Waals surface area contributed by atoms with E-state index in [1.54, 1.807) is 78.5 Å². The number of nitriles is 2. The van der Waals surface area contributed by atoms with Crippen LogP contribution in [0.15, 0.2) is 120 Å². The number of benzene rings is 4. The molecule has 0 unspecified atom stereocenters. The summed E-state index contributed by atoms with van der Waals surface area (Å²) in [5.74, 6) is 3.33. The fourth-order valence-corrected chi connectivity index (χ4v) is 23.4. The van der Waals surface area contributed by atoms with Crippen LogP contribution in [0.3, 0.4) is 0 Å². The summed E-state index contributed by atoms with van der Waals surface area (Å²) >= 11 is 50.8. The van der Waals surface area contributed by atoms with E-state index in [-0.39, 0.29) is 124 Å². The van der Waals surface area contributed by atoms with Crippen molar-refractivity contribution < 1.29 is 46.0 Å². The number of primary sulfonamides is 2. The van der Waals surface area contributed by atoms with Crippen molar-refractivity contribution in [3.63, 3.8) is 0 Å². The van der Waals surface area contributed by atoms with Crippen LogP contribution in [-0.2, 0) is 52.2 Å². The molecule has 0 bridgehead atoms. The van der Waals surface area contributed by atoms with E-state index in [4.69, 9.17) is 145 Å². The van der Waals surface area contributed by atoms with Gasteiger partial charge in [0.05, 0.1) is 112 Å². The lowest BCUT2D eigenvalue weighted by Crippen LogP contribution is -2.51. The molecule has 14 N–H and O–H groups in total. The van der Waals surface area contributed by atoms with Crippen LogP contribution in [0.5, 0.6) is 0 Å². The van der Waals surface area contributed by atoms with Gasteiger partial charge in [-0.05, 0) is 115 Å². The number of halogens is 8. The number of nitrogens with two attached hydrogens (primary N) is 6. The van der Waals surface area contributed by atoms with Gasteiger partial charge in [0.25, 0.3) is 0 Å². The molecule has 8 fully saturated rings. The predicted molar refractivity (Wildman–Crippen MR) is 507 cm³/mol. The van der Waals surface area contributed by atoms with E-state index < -0.39 is 26.7 Å². The van der Waals surface area contributed by atoms with Crippen molar-refractivity contribution in [2.75, 3.05) is 98.4 Å². The van der Waals surface area contributed by atoms with Crippen LogP contribution in [-0.4, -0.2) is 213 Å². The number of pyridine rings is 4. The summed E-state index contributed by atoms with van der Waals surface area (Å²) in [6.45, 7) is 15.6. The lowest BCUT2D eigenvalue weighted by Gasteiger charge is -2.42. The summed E-state index contributed by atoms with van der Waals surface area (Å²) in [4.78, 5) is 17.1. The molecule has 44 heteroatoms. The van der Waals surface area contributed by atoms with E-state index in [0.29, 0.717) is 157 Å². The maximum Gasteiger partial charge on any atom is 0.238 e. The SMILES string of the molecule is C[C@@H]1OCC2(CCN(c3cc(C#N)c(-c4cccc(Cl)c4Cl)c4ncnn34)CC2)[C@@H]1N.C[C@@H]1OCC2(CCN(c3cc(C#N)c(-c4cccc(Cl)c4Cl)c4nnc(CO)n34)CC2)[C@@H]1N.C[C@@H]1OCC2(CCN(c3cc(S(N)(=O)=O)c(-c4cccc(Cl)c4Cl)c4ncnn34)CC2)[C@@H]1N.C[C@@H]1OCC2(CCN(c3cc(S(N)(=O)=O)c(-c4cccc(Cl)c4Cl)c4nnc(CO)n34)CC2)[C@@H]1N. The van der Waals surface area contributed by atoms with Gasteiger partial charge in [-0.3, -0.25) is 8.80 Å². The summed E-state index contributed by atoms with van der Waals surface area (Å²) in [5, 5.41) is 79.4. The molecular formula is C88H96Cl8N24O10S2. The number of hydrogen-bond donors (Lipinski definition) is 8. The molecule has 0 radical (unpaired) electrons. The largest absolute Gasteiger partial charge is 0.388 e. The molecule has 0 aliphatic carbocycles. The summed E-state index contributed by atoms with van der Waals surface area (Å²) in [6.07, 6.45) is 9.80. The standard InChI is InChI=1S/C23H24Cl2N6O2.C22H26Cl2N6O4S.C22H22Cl2N6O.C21H24Cl2N6O3S/c1-13-21(27)23(12-33-13)5-7-30(8-6-23)18-9-14(10-26)19(15-3-2-4-16(24)20(15)25)22-29-28-17(11-32)31(18)22;1-12-20(25)22(11-34-12)5-7-29(8-6-22)17-9-15(35(26,32)33)18(13-3-2-4-14(23)19(13)24)21-28-27-16(10-31)30(17)21;1-13-20(26)22(11-31-13)5-7-29(8-6-22)17-9-14(10-25)18(21-27-12-28-30(17)21)15-3-2-4-16(23)19(15)24;1-12-19(24)21(10-32-12)5-7-28(8-6-21)16-9-15(33(25,30)31)17(20-26-11-27-29(16)20)13-3-2-4-14(22)18(13)23/h2-4,9,13,21,32H,5-8,11-12,27H2,1H3;2-4,9,12,20,31H,5-8,10-11,25H2,1H3,(H2,26,32,33);2-4,9,12-13,20H,5-8,11,26H2,1H3;2-4,9,11-12,19H,5-8,10,24H2,1H3,(H2,25,30,31)/t13-,21+;12-,20+;13-,20+;12-,19+/m0000/s1. The summed E-state index contributed by atoms with van der Waals surface area (Å²) in [6, 6.07) is 31.8. The highest BCUT2D eigenvalue weighted by Crippen LogP contribution is 2.51. The Bertz CT molecular complexity index is 6800. The summed E-state index contributed by atoms with van der Waals surface area (Å²) in [5.41, 5.74) is 31.7. The minimum Gasteiger partial charge on any atom is -0.388 e. The number of aliphatic hydroxyl groups excluding tert-OH is 2. The van der Waals surface area contributed by atoms with Crippen molar-refractivity contribution in [1.82, 2.24) is 58.4 Å². The van der Waals surface area contributed by atoms with E-state index in [1.807, 2.05) is 56.9 Å². The van der Waals surface area contributed by atoms with Crippen molar-refractivity contribution in [1.29, 1.82) is 10.5 Å². The van der Waals surface area contributed by atoms with Crippen LogP contribution in [0.2, 0.25) is 40.2 Å². The Morgan fingerprint density at radius 3 is 0.970 bits per heavy atom. The van der Waals surface area contributed by atoms with Crippen LogP contribution < -0.4 is 52.8 Å². The van der Waals surface area contributed by atoms with Gasteiger partial charge >= 0.3 is 0 Å². The first-order valence-electron chi connectivity index (χ1n) is 42.9. The highest BCUT2D eigenvalue weighted by Gasteiger charge is 2.52. The normalized spacial score (nSPS) is 22.6. The first kappa shape index (κ1) is 95.0. The molecule has 0 amide bonds. The van der Waals surface area contributed by atoms with E-state index in [2.05, 4.69) is 67.4 Å². The fraction of sp³-hybridized carbons (Fsp3) is 0.432. The number of piperidine rings is 4. The molecule has 4 aromatic carbocycles. The van der Waals surface area contributed by atoms with E-state index in [0.717, 1.165) is 89.2 Å². The molecule has 8 saturated heterocycles. The van der Waals surface area contributed by atoms with Crippen LogP contribution in [0.1, 0.15) is 102 Å². The Kier molecular flexibility index (Phi) is 26.9. The smallest absolute Gasteiger partial charge is 0.238 e. The minimum atomic E-state index is -4.21. The van der Waals surface area contributed by atoms with Gasteiger partial charge in [-0.2, -0.15) is 29.8 Å². The first-order chi connectivity index (χ1) is 63.0. The van der Waals surface area contributed by atoms with Crippen LogP contribution in [0, 0.1) is 44.3 Å². The van der Waals surface area contributed by atoms with Crippen LogP contribution >= 0.6 is 92.8 Å². The average molecular weight is 2000 g/mol. The zero-order chi connectivity index (χ0) is 93.7. The lowest BCUT2D eigenvalue weighted by molar-refractivity contribution is 0.0973. The van der Waals surface area contributed by atoms with Gasteiger partial charge < -0.3 is 71.7 Å². The molecule has 0 saturated carbocycles. The number of hydrogen-bond acceptors (Lipinski definition) is 28. The second-order valence-electron chi connectivity index (χ2n) is 35.2. The molecule has 4 spiro atoms. The summed E-state index contributed by atoms with van der Waals surface area (Å²) < 4.78 is 81.2. The third-order valence-electron chi connectivity index (χ3n) is 28.2. The van der Waals surface area contributed by atoms with Crippen molar-refractivity contribution in [3.8, 4) is 56.6 Å². The number of sulfonamides is 2. The Morgan fingerprint density at radius 1 is 0.402 bits per heavy atom. The van der Waals surface area contributed by atoms with Crippen molar-refractivity contribution >= 4 is 159 Å². The zero-order valence-electron chi connectivity index (χ0n) is 72.1. The Hall–Kier alpha value is -8.72. The number of nitrogens with zero attached hydrogens (tertiary/aromatic N) is 18. The second-order valence-corrected chi connectivity index (χ2v) is 41.4. The lowest BCUT2D eigenvalue weighted by atomic mass is 9.73. The maximum absolute atomic E-state index is 12.8. The molecule has 8 atom stereocenters. The second kappa shape index (κ2) is 37.4. The van der Waals surface area contributed by atoms with Gasteiger partial charge in [0.15, 0.2) is 34.2 Å². The average Bonchev–Trinajstić information content (AvgIpc) is 1.45. The highest BCUT2D eigenvalue weighted by molar-refractivity contribution is 7.89. The van der Waals surface area contributed by atoms with Gasteiger partial charge in [-0.1, -0.05) is 141 Å². The number of anilines is 4. The topological polar surface area (TPSA) is 483 Å². The third-order valence-corrected chi connectivity index (χ3v) is 33.3. The van der Waals surface area contributed by atoms with Gasteiger partial charge in [-0.25, -0.2) is 37.1 Å². The number of ether oxygens (including phenoxy) is 4. The Labute approximate surface area is 800 Å². The van der Waals surface area contributed by atoms with Gasteiger partial charge in [-0.15, -0.1) is 20.4 Å². The predicted octanol–water partition coefficient (Wildman–Crippen LogP) is 12.2. The molecule has 696 valence electrons. The first-order valence-corrected chi connectivity index (χ1v) is 49.1. The van der Waals surface area contributed by atoms with E-state index >= 15 is 0 Å². The Balaban J connectivity index is 0.000000123. The third kappa shape index (κ3) is 17.0. The molecule has 12 aromatic rings. The van der Waals surface area contributed by atoms with Gasteiger partial charge in [0.1, 0.15) is 61.3 Å². The highest BCUT2D eigenvalue weighted by atomic mass is 35.5. The van der Waals surface area contributed by atoms with Gasteiger partial charge in [0.2, 0.25) is 20.0 Å². The molecule has 8 aromatic heterocycles. The Morgan fingerprint density at radius 2 is 0.667 bits per heavy atom. The maximum atomic E-state index is 12.8. The van der Waals surface area contributed by atoms with Gasteiger partial charge in [0, 0.05) is 155 Å². The van der Waals surface area contributed by atoms with Crippen molar-refractivity contribution in [2.45, 2.75) is 151 Å². The molecule has 34 nitrogen and oxygen atoms in total. The van der Waals surface area contributed by atoms with E-state index in [1.165, 1.54) is 24.8 Å². The van der Waals surface area contributed by atoms with E-state index in [9.17, 15) is 37.6 Å². The minimum absolute atomic E-state index is 0.00426. The number of rotatable bonds is 12. The number of fused-ring (bicyclic) bond motifs is 4. The van der Waals surface area contributed by atoms with Crippen molar-refractivity contribution in [2.24, 2.45) is 54.9 Å². The molecular weight excluding hydrogens is 1900 g/mol. The molecule has 132 heavy (non-hydrogen) atoms. The molecule has 8 aliphatic heterocycles. The van der Waals surface area contributed by atoms with Crippen LogP contribution in [0.25, 0.3) is 67.1 Å². The number of aromatic nitrogens is 12. The molecule has 8 aliphatic rings. The molecule has 20 rings (SSSR count). The quantitative estimate of drug-likeness (QED) is 0.0563. The molecule has 16 heterocycles. The zero-order valence-corrected chi connectivity index (χ0v) is 79.8. The van der Waals surface area contributed by atoms with Crippen LogP contribution in [0.4, 0.5) is 23.3 Å².